The Kier molecular flexibility index (Phi) is 5.94. The zero-order chi connectivity index (χ0) is 19.4. The van der Waals surface area contributed by atoms with E-state index in [4.69, 9.17) is 0 Å². The first-order valence-electron chi connectivity index (χ1n) is 9.17. The van der Waals surface area contributed by atoms with E-state index in [0.29, 0.717) is 24.1 Å². The molecule has 2 aromatic rings. The monoisotopic (exact) mass is 379 g/mol. The Balaban J connectivity index is 1.80. The molecular weight excluding hydrogens is 355 g/mol. The standard InChI is InChI=1S/C19H24F3N5/c1-13(2)12-27-8-4-6-15(27)11-24-17-9-16(19(20,21)22)25-18(26-17)14-5-3-7-23-10-14/h3,5,7,9-10,13,15H,4,6,8,11-12H2,1-2H3,(H,24,25,26)/t15-/m1/s1. The van der Waals surface area contributed by atoms with Gasteiger partial charge in [0.1, 0.15) is 5.82 Å². The minimum Gasteiger partial charge on any atom is -0.368 e. The predicted octanol–water partition coefficient (Wildman–Crippen LogP) is 4.09. The summed E-state index contributed by atoms with van der Waals surface area (Å²) in [6.45, 7) is 6.92. The lowest BCUT2D eigenvalue weighted by Gasteiger charge is -2.26. The maximum Gasteiger partial charge on any atom is 0.433 e. The molecule has 1 N–H and O–H groups in total. The summed E-state index contributed by atoms with van der Waals surface area (Å²) >= 11 is 0. The minimum atomic E-state index is -4.53. The van der Waals surface area contributed by atoms with Crippen molar-refractivity contribution in [1.82, 2.24) is 19.9 Å². The molecule has 1 fully saturated rings. The van der Waals surface area contributed by atoms with Gasteiger partial charge in [-0.1, -0.05) is 13.8 Å². The lowest BCUT2D eigenvalue weighted by molar-refractivity contribution is -0.141. The van der Waals surface area contributed by atoms with Gasteiger partial charge < -0.3 is 5.32 Å². The number of halogens is 3. The molecule has 1 aliphatic rings. The van der Waals surface area contributed by atoms with Gasteiger partial charge in [-0.05, 0) is 37.4 Å². The number of anilines is 1. The van der Waals surface area contributed by atoms with Gasteiger partial charge in [-0.3, -0.25) is 9.88 Å². The largest absolute Gasteiger partial charge is 0.433 e. The third kappa shape index (κ3) is 5.15. The second-order valence-corrected chi connectivity index (χ2v) is 7.27. The SMILES string of the molecule is CC(C)CN1CCC[C@@H]1CNc1cc(C(F)(F)F)nc(-c2cccnc2)n1. The van der Waals surface area contributed by atoms with Gasteiger partial charge in [0.15, 0.2) is 11.5 Å². The Labute approximate surface area is 157 Å². The molecule has 1 aliphatic heterocycles. The van der Waals surface area contributed by atoms with E-state index in [1.807, 2.05) is 0 Å². The van der Waals surface area contributed by atoms with Crippen molar-refractivity contribution in [2.45, 2.75) is 38.9 Å². The molecule has 0 aliphatic carbocycles. The first-order chi connectivity index (χ1) is 12.8. The normalized spacial score (nSPS) is 18.2. The number of hydrogen-bond acceptors (Lipinski definition) is 5. The highest BCUT2D eigenvalue weighted by molar-refractivity contribution is 5.56. The van der Waals surface area contributed by atoms with E-state index < -0.39 is 11.9 Å². The number of pyridine rings is 1. The second kappa shape index (κ2) is 8.21. The lowest BCUT2D eigenvalue weighted by atomic mass is 10.1. The number of aromatic nitrogens is 3. The van der Waals surface area contributed by atoms with E-state index in [0.717, 1.165) is 32.0 Å². The first-order valence-corrected chi connectivity index (χ1v) is 9.17. The van der Waals surface area contributed by atoms with Crippen LogP contribution in [0.5, 0.6) is 0 Å². The Morgan fingerprint density at radius 2 is 2.11 bits per heavy atom. The Morgan fingerprint density at radius 1 is 1.30 bits per heavy atom. The van der Waals surface area contributed by atoms with Crippen molar-refractivity contribution in [3.63, 3.8) is 0 Å². The van der Waals surface area contributed by atoms with Crippen LogP contribution < -0.4 is 5.32 Å². The molecular formula is C19H24F3N5. The molecule has 1 atom stereocenters. The number of nitrogens with one attached hydrogen (secondary N) is 1. The summed E-state index contributed by atoms with van der Waals surface area (Å²) in [5.74, 6) is 0.761. The molecule has 0 bridgehead atoms. The van der Waals surface area contributed by atoms with Gasteiger partial charge in [-0.15, -0.1) is 0 Å². The summed E-state index contributed by atoms with van der Waals surface area (Å²) < 4.78 is 39.8. The minimum absolute atomic E-state index is 0.0193. The van der Waals surface area contributed by atoms with Crippen LogP contribution in [0.1, 0.15) is 32.4 Å². The number of alkyl halides is 3. The fourth-order valence-corrected chi connectivity index (χ4v) is 3.37. The molecule has 0 aromatic carbocycles. The van der Waals surface area contributed by atoms with E-state index >= 15 is 0 Å². The van der Waals surface area contributed by atoms with E-state index in [1.54, 1.807) is 18.3 Å². The number of hydrogen-bond donors (Lipinski definition) is 1. The fraction of sp³-hybridized carbons (Fsp3) is 0.526. The number of likely N-dealkylation sites (tertiary alicyclic amines) is 1. The van der Waals surface area contributed by atoms with Gasteiger partial charge in [0.05, 0.1) is 0 Å². The van der Waals surface area contributed by atoms with Gasteiger partial charge >= 0.3 is 6.18 Å². The average molecular weight is 379 g/mol. The van der Waals surface area contributed by atoms with Crippen LogP contribution in [0, 0.1) is 5.92 Å². The van der Waals surface area contributed by atoms with E-state index in [-0.39, 0.29) is 11.6 Å². The summed E-state index contributed by atoms with van der Waals surface area (Å²) in [6, 6.07) is 4.57. The van der Waals surface area contributed by atoms with E-state index in [9.17, 15) is 13.2 Å². The first kappa shape index (κ1) is 19.5. The highest BCUT2D eigenvalue weighted by atomic mass is 19.4. The van der Waals surface area contributed by atoms with Gasteiger partial charge in [0.2, 0.25) is 0 Å². The van der Waals surface area contributed by atoms with Crippen LogP contribution in [0.3, 0.4) is 0 Å². The summed E-state index contributed by atoms with van der Waals surface area (Å²) in [4.78, 5) is 14.3. The van der Waals surface area contributed by atoms with E-state index in [1.165, 1.54) is 6.20 Å². The molecule has 146 valence electrons. The molecule has 0 spiro atoms. The molecule has 3 heterocycles. The van der Waals surface area contributed by atoms with Crippen molar-refractivity contribution >= 4 is 5.82 Å². The van der Waals surface area contributed by atoms with Crippen molar-refractivity contribution in [3.05, 3.63) is 36.3 Å². The van der Waals surface area contributed by atoms with Crippen molar-refractivity contribution in [3.8, 4) is 11.4 Å². The van der Waals surface area contributed by atoms with Crippen molar-refractivity contribution in [1.29, 1.82) is 0 Å². The Bertz CT molecular complexity index is 749. The second-order valence-electron chi connectivity index (χ2n) is 7.27. The molecule has 8 heteroatoms. The topological polar surface area (TPSA) is 53.9 Å². The van der Waals surface area contributed by atoms with Crippen LogP contribution in [0.15, 0.2) is 30.6 Å². The molecule has 5 nitrogen and oxygen atoms in total. The molecule has 27 heavy (non-hydrogen) atoms. The quantitative estimate of drug-likeness (QED) is 0.819. The fourth-order valence-electron chi connectivity index (χ4n) is 3.37. The highest BCUT2D eigenvalue weighted by Gasteiger charge is 2.34. The maximum atomic E-state index is 13.3. The van der Waals surface area contributed by atoms with Crippen molar-refractivity contribution in [2.24, 2.45) is 5.92 Å². The molecule has 0 saturated carbocycles. The summed E-state index contributed by atoms with van der Waals surface area (Å²) in [6.07, 6.45) is 0.623. The number of rotatable bonds is 6. The van der Waals surface area contributed by atoms with Crippen LogP contribution in [0.4, 0.5) is 19.0 Å². The van der Waals surface area contributed by atoms with Crippen LogP contribution in [0.2, 0.25) is 0 Å². The molecule has 3 rings (SSSR count). The molecule has 1 saturated heterocycles. The summed E-state index contributed by atoms with van der Waals surface area (Å²) in [7, 11) is 0. The predicted molar refractivity (Wildman–Crippen MR) is 98.2 cm³/mol. The van der Waals surface area contributed by atoms with Crippen molar-refractivity contribution < 1.29 is 13.2 Å². The zero-order valence-corrected chi connectivity index (χ0v) is 15.5. The van der Waals surface area contributed by atoms with Gasteiger partial charge in [0.25, 0.3) is 0 Å². The van der Waals surface area contributed by atoms with Crippen LogP contribution in [-0.2, 0) is 6.18 Å². The Hall–Kier alpha value is -2.22. The van der Waals surface area contributed by atoms with Gasteiger partial charge in [0, 0.05) is 43.2 Å². The third-order valence-corrected chi connectivity index (χ3v) is 4.55. The van der Waals surface area contributed by atoms with Gasteiger partial charge in [-0.2, -0.15) is 13.2 Å². The number of nitrogens with zero attached hydrogens (tertiary/aromatic N) is 4. The van der Waals surface area contributed by atoms with E-state index in [2.05, 4.69) is 39.0 Å². The van der Waals surface area contributed by atoms with Crippen molar-refractivity contribution in [2.75, 3.05) is 25.0 Å². The Morgan fingerprint density at radius 3 is 2.78 bits per heavy atom. The zero-order valence-electron chi connectivity index (χ0n) is 15.5. The smallest absolute Gasteiger partial charge is 0.368 e. The molecule has 0 unspecified atom stereocenters. The van der Waals surface area contributed by atoms with Crippen LogP contribution >= 0.6 is 0 Å². The highest BCUT2D eigenvalue weighted by Crippen LogP contribution is 2.31. The lowest BCUT2D eigenvalue weighted by Crippen LogP contribution is -2.37. The summed E-state index contributed by atoms with van der Waals surface area (Å²) in [5, 5.41) is 3.10. The van der Waals surface area contributed by atoms with Gasteiger partial charge in [-0.25, -0.2) is 9.97 Å². The average Bonchev–Trinajstić information content (AvgIpc) is 3.06. The molecule has 2 aromatic heterocycles. The van der Waals surface area contributed by atoms with Crippen LogP contribution in [-0.4, -0.2) is 45.5 Å². The van der Waals surface area contributed by atoms with Crippen LogP contribution in [0.25, 0.3) is 11.4 Å². The molecule has 0 amide bonds. The summed E-state index contributed by atoms with van der Waals surface area (Å²) in [5.41, 5.74) is -0.502. The maximum absolute atomic E-state index is 13.3. The third-order valence-electron chi connectivity index (χ3n) is 4.55. The molecule has 0 radical (unpaired) electrons.